The van der Waals surface area contributed by atoms with Crippen LogP contribution in [0.4, 0.5) is 0 Å². The molecule has 2 fully saturated rings. The van der Waals surface area contributed by atoms with E-state index in [-0.39, 0.29) is 0 Å². The zero-order valence-electron chi connectivity index (χ0n) is 9.74. The van der Waals surface area contributed by atoms with Gasteiger partial charge in [0.25, 0.3) is 0 Å². The van der Waals surface area contributed by atoms with Crippen LogP contribution in [0.3, 0.4) is 0 Å². The number of nitrogens with zero attached hydrogens (tertiary/aromatic N) is 2. The topological polar surface area (TPSA) is 23.6 Å². The first-order valence-corrected chi connectivity index (χ1v) is 6.27. The van der Waals surface area contributed by atoms with Gasteiger partial charge in [-0.05, 0) is 38.9 Å². The van der Waals surface area contributed by atoms with Gasteiger partial charge in [-0.1, -0.05) is 6.92 Å². The van der Waals surface area contributed by atoms with Crippen LogP contribution in [-0.4, -0.2) is 54.3 Å². The zero-order valence-corrected chi connectivity index (χ0v) is 9.74. The highest BCUT2D eigenvalue weighted by Gasteiger charge is 2.29. The molecule has 3 nitrogen and oxygen atoms in total. The number of hydrogen-bond donors (Lipinski definition) is 0. The fourth-order valence-electron chi connectivity index (χ4n) is 2.79. The zero-order chi connectivity index (χ0) is 10.7. The number of hydrogen-bond acceptors (Lipinski definition) is 3. The molecule has 15 heavy (non-hydrogen) atoms. The van der Waals surface area contributed by atoms with Gasteiger partial charge in [0.15, 0.2) is 0 Å². The third-order valence-corrected chi connectivity index (χ3v) is 3.67. The molecule has 0 aromatic heterocycles. The Hall–Kier alpha value is -0.410. The van der Waals surface area contributed by atoms with Crippen LogP contribution in [0.5, 0.6) is 0 Å². The Morgan fingerprint density at radius 3 is 2.53 bits per heavy atom. The van der Waals surface area contributed by atoms with Gasteiger partial charge in [0, 0.05) is 19.0 Å². The van der Waals surface area contributed by atoms with Gasteiger partial charge in [-0.3, -0.25) is 9.69 Å². The summed E-state index contributed by atoms with van der Waals surface area (Å²) in [6, 6.07) is 0.685. The van der Waals surface area contributed by atoms with Gasteiger partial charge in [0.05, 0.1) is 6.54 Å². The van der Waals surface area contributed by atoms with Crippen molar-refractivity contribution in [3.8, 4) is 0 Å². The first kappa shape index (κ1) is 11.1. The van der Waals surface area contributed by atoms with E-state index in [1.54, 1.807) is 0 Å². The molecule has 0 spiro atoms. The summed E-state index contributed by atoms with van der Waals surface area (Å²) in [6.45, 7) is 7.67. The van der Waals surface area contributed by atoms with Crippen molar-refractivity contribution in [1.82, 2.24) is 9.80 Å². The third kappa shape index (κ3) is 2.79. The molecule has 86 valence electrons. The average molecular weight is 210 g/mol. The molecule has 2 aliphatic rings. The number of piperidine rings is 1. The molecule has 2 heterocycles. The SMILES string of the molecule is CCCN1CCC(N2CCC(=O)C2)CC1. The molecule has 0 atom stereocenters. The minimum Gasteiger partial charge on any atom is -0.303 e. The quantitative estimate of drug-likeness (QED) is 0.698. The highest BCUT2D eigenvalue weighted by Crippen LogP contribution is 2.19. The van der Waals surface area contributed by atoms with Crippen molar-refractivity contribution < 1.29 is 4.79 Å². The molecule has 0 saturated carbocycles. The highest BCUT2D eigenvalue weighted by atomic mass is 16.1. The number of carbonyl (C=O) groups excluding carboxylic acids is 1. The van der Waals surface area contributed by atoms with Crippen molar-refractivity contribution in [2.24, 2.45) is 0 Å². The summed E-state index contributed by atoms with van der Waals surface area (Å²) >= 11 is 0. The van der Waals surface area contributed by atoms with Gasteiger partial charge < -0.3 is 4.90 Å². The first-order valence-electron chi connectivity index (χ1n) is 6.27. The Morgan fingerprint density at radius 1 is 1.27 bits per heavy atom. The highest BCUT2D eigenvalue weighted by molar-refractivity contribution is 5.82. The van der Waals surface area contributed by atoms with E-state index in [0.717, 1.165) is 19.5 Å². The maximum atomic E-state index is 11.2. The summed E-state index contributed by atoms with van der Waals surface area (Å²) in [6.07, 6.45) is 4.56. The lowest BCUT2D eigenvalue weighted by atomic mass is 10.0. The molecule has 0 aromatic carbocycles. The molecule has 2 aliphatic heterocycles. The number of ketones is 1. The van der Waals surface area contributed by atoms with Crippen LogP contribution in [-0.2, 0) is 4.79 Å². The van der Waals surface area contributed by atoms with E-state index in [0.29, 0.717) is 11.8 Å². The molecule has 0 unspecified atom stereocenters. The maximum Gasteiger partial charge on any atom is 0.148 e. The number of likely N-dealkylation sites (tertiary alicyclic amines) is 2. The van der Waals surface area contributed by atoms with Crippen molar-refractivity contribution >= 4 is 5.78 Å². The van der Waals surface area contributed by atoms with E-state index in [4.69, 9.17) is 0 Å². The Labute approximate surface area is 92.4 Å². The summed E-state index contributed by atoms with van der Waals surface area (Å²) in [5, 5.41) is 0. The third-order valence-electron chi connectivity index (χ3n) is 3.67. The fraction of sp³-hybridized carbons (Fsp3) is 0.917. The predicted octanol–water partition coefficient (Wildman–Crippen LogP) is 1.14. The Bertz CT molecular complexity index is 222. The van der Waals surface area contributed by atoms with Crippen molar-refractivity contribution in [1.29, 1.82) is 0 Å². The van der Waals surface area contributed by atoms with E-state index >= 15 is 0 Å². The van der Waals surface area contributed by atoms with Crippen LogP contribution in [0.1, 0.15) is 32.6 Å². The normalized spacial score (nSPS) is 26.3. The number of carbonyl (C=O) groups is 1. The van der Waals surface area contributed by atoms with Gasteiger partial charge in [-0.2, -0.15) is 0 Å². The summed E-state index contributed by atoms with van der Waals surface area (Å²) in [4.78, 5) is 16.2. The summed E-state index contributed by atoms with van der Waals surface area (Å²) in [5.41, 5.74) is 0. The van der Waals surface area contributed by atoms with Crippen LogP contribution in [0.2, 0.25) is 0 Å². The van der Waals surface area contributed by atoms with Crippen molar-refractivity contribution in [3.05, 3.63) is 0 Å². The van der Waals surface area contributed by atoms with E-state index in [9.17, 15) is 4.79 Å². The van der Waals surface area contributed by atoms with E-state index in [2.05, 4.69) is 16.7 Å². The Morgan fingerprint density at radius 2 is 2.00 bits per heavy atom. The molecule has 2 rings (SSSR count). The first-order chi connectivity index (χ1) is 7.29. The molecule has 0 amide bonds. The van der Waals surface area contributed by atoms with Crippen molar-refractivity contribution in [2.75, 3.05) is 32.7 Å². The average Bonchev–Trinajstić information content (AvgIpc) is 2.67. The van der Waals surface area contributed by atoms with Gasteiger partial charge in [-0.25, -0.2) is 0 Å². The van der Waals surface area contributed by atoms with Crippen LogP contribution in [0, 0.1) is 0 Å². The molecule has 0 aliphatic carbocycles. The molecule has 0 bridgehead atoms. The van der Waals surface area contributed by atoms with Crippen LogP contribution >= 0.6 is 0 Å². The molecule has 0 radical (unpaired) electrons. The van der Waals surface area contributed by atoms with E-state index in [1.165, 1.54) is 38.9 Å². The monoisotopic (exact) mass is 210 g/mol. The van der Waals surface area contributed by atoms with E-state index in [1.807, 2.05) is 0 Å². The van der Waals surface area contributed by atoms with Crippen molar-refractivity contribution in [2.45, 2.75) is 38.6 Å². The number of rotatable bonds is 3. The minimum atomic E-state index is 0.436. The second-order valence-corrected chi connectivity index (χ2v) is 4.83. The Balaban J connectivity index is 1.75. The molecule has 3 heteroatoms. The summed E-state index contributed by atoms with van der Waals surface area (Å²) in [7, 11) is 0. The largest absolute Gasteiger partial charge is 0.303 e. The van der Waals surface area contributed by atoms with Gasteiger partial charge >= 0.3 is 0 Å². The Kier molecular flexibility index (Phi) is 3.76. The second kappa shape index (κ2) is 5.08. The fourth-order valence-corrected chi connectivity index (χ4v) is 2.79. The van der Waals surface area contributed by atoms with Crippen molar-refractivity contribution in [3.63, 3.8) is 0 Å². The summed E-state index contributed by atoms with van der Waals surface area (Å²) < 4.78 is 0. The van der Waals surface area contributed by atoms with E-state index < -0.39 is 0 Å². The summed E-state index contributed by atoms with van der Waals surface area (Å²) in [5.74, 6) is 0.436. The molecule has 0 aromatic rings. The smallest absolute Gasteiger partial charge is 0.148 e. The standard InChI is InChI=1S/C12H22N2O/c1-2-6-13-7-3-11(4-8-13)14-9-5-12(15)10-14/h11H,2-10H2,1H3. The van der Waals surface area contributed by atoms with Crippen LogP contribution < -0.4 is 0 Å². The van der Waals surface area contributed by atoms with Gasteiger partial charge in [0.2, 0.25) is 0 Å². The maximum absolute atomic E-state index is 11.2. The van der Waals surface area contributed by atoms with Crippen LogP contribution in [0.25, 0.3) is 0 Å². The lowest BCUT2D eigenvalue weighted by Gasteiger charge is -2.36. The lowest BCUT2D eigenvalue weighted by Crippen LogP contribution is -2.44. The molecule has 2 saturated heterocycles. The van der Waals surface area contributed by atoms with Gasteiger partial charge in [-0.15, -0.1) is 0 Å². The molecular weight excluding hydrogens is 188 g/mol. The van der Waals surface area contributed by atoms with Crippen LogP contribution in [0.15, 0.2) is 0 Å². The number of Topliss-reactive ketones (excluding diaryl/α,β-unsaturated/α-hetero) is 1. The minimum absolute atomic E-state index is 0.436. The predicted molar refractivity (Wildman–Crippen MR) is 61.0 cm³/mol. The lowest BCUT2D eigenvalue weighted by molar-refractivity contribution is -0.117. The molecular formula is C12H22N2O. The second-order valence-electron chi connectivity index (χ2n) is 4.83. The van der Waals surface area contributed by atoms with Gasteiger partial charge in [0.1, 0.15) is 5.78 Å². The molecule has 0 N–H and O–H groups in total.